The molecule has 0 saturated carbocycles. The lowest BCUT2D eigenvalue weighted by atomic mass is 10.2. The summed E-state index contributed by atoms with van der Waals surface area (Å²) in [6, 6.07) is 9.31. The van der Waals surface area contributed by atoms with Crippen LogP contribution >= 0.6 is 23.4 Å². The summed E-state index contributed by atoms with van der Waals surface area (Å²) in [6.07, 6.45) is 0. The monoisotopic (exact) mass is 406 g/mol. The Balaban J connectivity index is 1.72. The summed E-state index contributed by atoms with van der Waals surface area (Å²) in [5.74, 6) is -0.0706. The van der Waals surface area contributed by atoms with Crippen LogP contribution in [0.2, 0.25) is 5.02 Å². The van der Waals surface area contributed by atoms with E-state index in [1.807, 2.05) is 0 Å². The summed E-state index contributed by atoms with van der Waals surface area (Å²) < 4.78 is 5.13. The molecule has 1 heterocycles. The fraction of sp³-hybridized carbons (Fsp3) is 0.176. The largest absolute Gasteiger partial charge is 0.494 e. The second-order valence-electron chi connectivity index (χ2n) is 5.59. The highest BCUT2D eigenvalue weighted by Gasteiger charge is 2.19. The molecule has 3 aromatic rings. The SMILES string of the molecule is COc1cc([N+](=O)[O-])ccc1NC(=O)[C@@H](C)Sc1nc2ccc(Cl)cc2[nH]1. The molecule has 0 saturated heterocycles. The predicted octanol–water partition coefficient (Wildman–Crippen LogP) is 4.25. The number of methoxy groups -OCH3 is 1. The molecule has 0 aliphatic heterocycles. The number of rotatable bonds is 6. The summed E-state index contributed by atoms with van der Waals surface area (Å²) >= 11 is 7.21. The molecular formula is C17H15ClN4O4S. The number of H-pyrrole nitrogens is 1. The summed E-state index contributed by atoms with van der Waals surface area (Å²) in [6.45, 7) is 1.73. The van der Waals surface area contributed by atoms with E-state index in [-0.39, 0.29) is 17.3 Å². The second kappa shape index (κ2) is 7.85. The first-order chi connectivity index (χ1) is 12.9. The van der Waals surface area contributed by atoms with Crippen LogP contribution in [-0.2, 0) is 4.79 Å². The highest BCUT2D eigenvalue weighted by atomic mass is 35.5. The number of hydrogen-bond acceptors (Lipinski definition) is 6. The van der Waals surface area contributed by atoms with Crippen molar-refractivity contribution in [2.45, 2.75) is 17.3 Å². The first kappa shape index (κ1) is 19.0. The number of anilines is 1. The van der Waals surface area contributed by atoms with E-state index in [1.165, 1.54) is 37.1 Å². The summed E-state index contributed by atoms with van der Waals surface area (Å²) in [4.78, 5) is 30.3. The molecule has 27 heavy (non-hydrogen) atoms. The van der Waals surface area contributed by atoms with Gasteiger partial charge in [0.05, 0.1) is 40.1 Å². The Kier molecular flexibility index (Phi) is 5.52. The van der Waals surface area contributed by atoms with Gasteiger partial charge in [-0.25, -0.2) is 4.98 Å². The highest BCUT2D eigenvalue weighted by molar-refractivity contribution is 8.00. The van der Waals surface area contributed by atoms with E-state index in [2.05, 4.69) is 15.3 Å². The van der Waals surface area contributed by atoms with Crippen LogP contribution in [0, 0.1) is 10.1 Å². The lowest BCUT2D eigenvalue weighted by Crippen LogP contribution is -2.22. The minimum Gasteiger partial charge on any atom is -0.494 e. The van der Waals surface area contributed by atoms with Crippen LogP contribution in [0.4, 0.5) is 11.4 Å². The average molecular weight is 407 g/mol. The fourth-order valence-corrected chi connectivity index (χ4v) is 3.36. The van der Waals surface area contributed by atoms with Gasteiger partial charge in [-0.15, -0.1) is 0 Å². The zero-order valence-corrected chi connectivity index (χ0v) is 15.9. The Hall–Kier alpha value is -2.78. The topological polar surface area (TPSA) is 110 Å². The molecule has 0 fully saturated rings. The van der Waals surface area contributed by atoms with Gasteiger partial charge in [0.1, 0.15) is 5.75 Å². The molecule has 3 rings (SSSR count). The van der Waals surface area contributed by atoms with Gasteiger partial charge in [0.25, 0.3) is 5.69 Å². The van der Waals surface area contributed by atoms with Crippen molar-refractivity contribution in [1.82, 2.24) is 9.97 Å². The molecule has 0 aliphatic rings. The quantitative estimate of drug-likeness (QED) is 0.359. The van der Waals surface area contributed by atoms with Crippen molar-refractivity contribution in [3.63, 3.8) is 0 Å². The Morgan fingerprint density at radius 3 is 2.85 bits per heavy atom. The van der Waals surface area contributed by atoms with E-state index < -0.39 is 10.2 Å². The Morgan fingerprint density at radius 1 is 1.37 bits per heavy atom. The van der Waals surface area contributed by atoms with Gasteiger partial charge in [0.2, 0.25) is 5.91 Å². The van der Waals surface area contributed by atoms with E-state index in [4.69, 9.17) is 16.3 Å². The number of aromatic nitrogens is 2. The van der Waals surface area contributed by atoms with Gasteiger partial charge >= 0.3 is 0 Å². The van der Waals surface area contributed by atoms with Crippen molar-refractivity contribution in [3.8, 4) is 5.75 Å². The summed E-state index contributed by atoms with van der Waals surface area (Å²) in [5, 5.41) is 14.3. The number of nitro benzene ring substituents is 1. The van der Waals surface area contributed by atoms with Crippen LogP contribution in [0.25, 0.3) is 11.0 Å². The fourth-order valence-electron chi connectivity index (χ4n) is 2.37. The number of thioether (sulfide) groups is 1. The second-order valence-corrected chi connectivity index (χ2v) is 7.36. The van der Waals surface area contributed by atoms with Gasteiger partial charge < -0.3 is 15.0 Å². The van der Waals surface area contributed by atoms with Gasteiger partial charge in [-0.2, -0.15) is 0 Å². The van der Waals surface area contributed by atoms with Crippen LogP contribution in [0.3, 0.4) is 0 Å². The first-order valence-corrected chi connectivity index (χ1v) is 9.08. The molecule has 1 amide bonds. The lowest BCUT2D eigenvalue weighted by Gasteiger charge is -2.13. The van der Waals surface area contributed by atoms with Crippen LogP contribution in [0.5, 0.6) is 5.75 Å². The van der Waals surface area contributed by atoms with E-state index >= 15 is 0 Å². The van der Waals surface area contributed by atoms with Gasteiger partial charge in [0, 0.05) is 11.1 Å². The Labute approximate surface area is 163 Å². The number of amides is 1. The number of fused-ring (bicyclic) bond motifs is 1. The van der Waals surface area contributed by atoms with Crippen LogP contribution < -0.4 is 10.1 Å². The number of imidazole rings is 1. The van der Waals surface area contributed by atoms with Gasteiger partial charge in [-0.3, -0.25) is 14.9 Å². The van der Waals surface area contributed by atoms with Crippen molar-refractivity contribution >= 4 is 51.7 Å². The Bertz CT molecular complexity index is 1020. The molecule has 0 radical (unpaired) electrons. The number of aromatic amines is 1. The molecule has 1 aromatic heterocycles. The zero-order valence-electron chi connectivity index (χ0n) is 14.4. The van der Waals surface area contributed by atoms with E-state index in [0.717, 1.165) is 11.0 Å². The maximum absolute atomic E-state index is 12.5. The molecule has 10 heteroatoms. The standard InChI is InChI=1S/C17H15ClN4O4S/c1-9(27-17-20-12-5-3-10(18)7-14(12)21-17)16(23)19-13-6-4-11(22(24)25)8-15(13)26-2/h3-9H,1-2H3,(H,19,23)(H,20,21)/t9-/m1/s1. The normalized spacial score (nSPS) is 12.0. The molecule has 1 atom stereocenters. The van der Waals surface area contributed by atoms with E-state index in [1.54, 1.807) is 25.1 Å². The third-order valence-corrected chi connectivity index (χ3v) is 4.95. The predicted molar refractivity (Wildman–Crippen MR) is 105 cm³/mol. The number of non-ortho nitro benzene ring substituents is 1. The van der Waals surface area contributed by atoms with E-state index in [0.29, 0.717) is 15.9 Å². The number of halogens is 1. The average Bonchev–Trinajstić information content (AvgIpc) is 3.02. The summed E-state index contributed by atoms with van der Waals surface area (Å²) in [7, 11) is 1.38. The van der Waals surface area contributed by atoms with Crippen molar-refractivity contribution in [1.29, 1.82) is 0 Å². The molecule has 0 bridgehead atoms. The van der Waals surface area contributed by atoms with Crippen molar-refractivity contribution in [2.24, 2.45) is 0 Å². The van der Waals surface area contributed by atoms with Crippen LogP contribution in [0.15, 0.2) is 41.6 Å². The van der Waals surface area contributed by atoms with Crippen LogP contribution in [0.1, 0.15) is 6.92 Å². The maximum Gasteiger partial charge on any atom is 0.273 e. The third kappa shape index (κ3) is 4.32. The maximum atomic E-state index is 12.5. The molecular weight excluding hydrogens is 392 g/mol. The van der Waals surface area contributed by atoms with Gasteiger partial charge in [-0.05, 0) is 31.2 Å². The molecule has 8 nitrogen and oxygen atoms in total. The van der Waals surface area contributed by atoms with Gasteiger partial charge in [-0.1, -0.05) is 23.4 Å². The molecule has 2 aromatic carbocycles. The number of carbonyl (C=O) groups is 1. The van der Waals surface area contributed by atoms with Crippen molar-refractivity contribution in [3.05, 3.63) is 51.5 Å². The van der Waals surface area contributed by atoms with E-state index in [9.17, 15) is 14.9 Å². The third-order valence-electron chi connectivity index (χ3n) is 3.73. The Morgan fingerprint density at radius 2 is 2.15 bits per heavy atom. The lowest BCUT2D eigenvalue weighted by molar-refractivity contribution is -0.384. The first-order valence-electron chi connectivity index (χ1n) is 7.82. The number of ether oxygens (including phenoxy) is 1. The number of carbonyl (C=O) groups excluding carboxylic acids is 1. The van der Waals surface area contributed by atoms with Crippen molar-refractivity contribution in [2.75, 3.05) is 12.4 Å². The number of nitro groups is 1. The minimum atomic E-state index is -0.527. The smallest absolute Gasteiger partial charge is 0.273 e. The zero-order chi connectivity index (χ0) is 19.6. The number of nitrogens with zero attached hydrogens (tertiary/aromatic N) is 2. The molecule has 140 valence electrons. The molecule has 2 N–H and O–H groups in total. The molecule has 0 aliphatic carbocycles. The highest BCUT2D eigenvalue weighted by Crippen LogP contribution is 2.30. The molecule has 0 spiro atoms. The number of benzene rings is 2. The van der Waals surface area contributed by atoms with Crippen molar-refractivity contribution < 1.29 is 14.5 Å². The van der Waals surface area contributed by atoms with Gasteiger partial charge in [0.15, 0.2) is 5.16 Å². The molecule has 0 unspecified atom stereocenters. The van der Waals surface area contributed by atoms with Crippen LogP contribution in [-0.4, -0.2) is 33.2 Å². The number of hydrogen-bond donors (Lipinski definition) is 2. The minimum absolute atomic E-state index is 0.117. The summed E-state index contributed by atoms with van der Waals surface area (Å²) in [5.41, 5.74) is 1.78. The number of nitrogens with one attached hydrogen (secondary N) is 2.